The van der Waals surface area contributed by atoms with Crippen LogP contribution in [-0.2, 0) is 9.59 Å². The minimum Gasteiger partial charge on any atom is -0.507 e. The van der Waals surface area contributed by atoms with Crippen molar-refractivity contribution >= 4 is 33.4 Å². The van der Waals surface area contributed by atoms with Crippen molar-refractivity contribution in [3.05, 3.63) is 63.6 Å². The number of Topliss-reactive ketones (excluding diaryl/α,β-unsaturated/α-hetero) is 1. The first-order chi connectivity index (χ1) is 16.4. The molecule has 1 atom stereocenters. The molecule has 0 spiro atoms. The first-order valence-corrected chi connectivity index (χ1v) is 12.4. The Balaban J connectivity index is 1.72. The highest BCUT2D eigenvalue weighted by atomic mass is 79.9. The lowest BCUT2D eigenvalue weighted by atomic mass is 9.95. The third-order valence-electron chi connectivity index (χ3n) is 6.31. The number of ether oxygens (including phenoxy) is 2. The lowest BCUT2D eigenvalue weighted by molar-refractivity contribution is -0.140. The number of fused-ring (bicyclic) bond motifs is 1. The minimum atomic E-state index is -0.678. The van der Waals surface area contributed by atoms with E-state index in [1.54, 1.807) is 23.1 Å². The Labute approximate surface area is 208 Å². The summed E-state index contributed by atoms with van der Waals surface area (Å²) in [6.45, 7) is 8.17. The predicted molar refractivity (Wildman–Crippen MR) is 133 cm³/mol. The molecule has 4 rings (SSSR count). The summed E-state index contributed by atoms with van der Waals surface area (Å²) in [6.07, 6.45) is 0.728. The molecular formula is C26H29BrN2O5. The van der Waals surface area contributed by atoms with E-state index in [1.807, 2.05) is 24.3 Å². The number of carbonyl (C=O) groups excluding carboxylic acids is 2. The standard InChI is InChI=1S/C26H29BrN2O5/c1-3-28(4-2)12-5-13-29-23(17-6-9-19(27)10-7-17)22(25(31)26(29)32)24(30)18-8-11-20-21(16-18)34-15-14-33-20/h6-11,16,23,30H,3-5,12-15H2,1-2H3/t23-/m0/s1. The van der Waals surface area contributed by atoms with Crippen LogP contribution in [0.3, 0.4) is 0 Å². The van der Waals surface area contributed by atoms with Gasteiger partial charge in [0.15, 0.2) is 11.5 Å². The summed E-state index contributed by atoms with van der Waals surface area (Å²) in [7, 11) is 0. The molecular weight excluding hydrogens is 500 g/mol. The van der Waals surface area contributed by atoms with Gasteiger partial charge < -0.3 is 24.4 Å². The molecule has 2 aliphatic rings. The first kappa shape index (κ1) is 24.3. The summed E-state index contributed by atoms with van der Waals surface area (Å²) in [5.41, 5.74) is 1.27. The summed E-state index contributed by atoms with van der Waals surface area (Å²) in [4.78, 5) is 30.2. The molecule has 0 aromatic heterocycles. The molecule has 2 aliphatic heterocycles. The van der Waals surface area contributed by atoms with Crippen molar-refractivity contribution < 1.29 is 24.2 Å². The van der Waals surface area contributed by atoms with Crippen molar-refractivity contribution in [3.63, 3.8) is 0 Å². The van der Waals surface area contributed by atoms with Crippen LogP contribution in [0, 0.1) is 0 Å². The molecule has 0 aliphatic carbocycles. The van der Waals surface area contributed by atoms with Gasteiger partial charge in [0, 0.05) is 16.6 Å². The van der Waals surface area contributed by atoms with Crippen molar-refractivity contribution in [1.29, 1.82) is 0 Å². The fourth-order valence-electron chi connectivity index (χ4n) is 4.45. The third kappa shape index (κ3) is 4.83. The second-order valence-electron chi connectivity index (χ2n) is 8.28. The monoisotopic (exact) mass is 528 g/mol. The SMILES string of the molecule is CCN(CC)CCCN1C(=O)C(=O)C(=C(O)c2ccc3c(c2)OCCO3)[C@@H]1c1ccc(Br)cc1. The largest absolute Gasteiger partial charge is 0.507 e. The minimum absolute atomic E-state index is 0.0897. The number of nitrogens with zero attached hydrogens (tertiary/aromatic N) is 2. The van der Waals surface area contributed by atoms with Gasteiger partial charge in [-0.05, 0) is 62.0 Å². The number of aliphatic hydroxyl groups excluding tert-OH is 1. The van der Waals surface area contributed by atoms with Gasteiger partial charge in [0.2, 0.25) is 0 Å². The highest BCUT2D eigenvalue weighted by Gasteiger charge is 2.45. The van der Waals surface area contributed by atoms with Gasteiger partial charge in [-0.1, -0.05) is 41.9 Å². The first-order valence-electron chi connectivity index (χ1n) is 11.6. The van der Waals surface area contributed by atoms with Crippen LogP contribution in [0.15, 0.2) is 52.5 Å². The fourth-order valence-corrected chi connectivity index (χ4v) is 4.72. The van der Waals surface area contributed by atoms with E-state index >= 15 is 0 Å². The topological polar surface area (TPSA) is 79.3 Å². The van der Waals surface area contributed by atoms with E-state index in [0.29, 0.717) is 36.8 Å². The molecule has 34 heavy (non-hydrogen) atoms. The number of likely N-dealkylation sites (tertiary alicyclic amines) is 1. The van der Waals surface area contributed by atoms with Gasteiger partial charge in [-0.25, -0.2) is 0 Å². The Hall–Kier alpha value is -2.84. The molecule has 180 valence electrons. The number of hydrogen-bond acceptors (Lipinski definition) is 6. The Morgan fingerprint density at radius 2 is 1.74 bits per heavy atom. The molecule has 0 unspecified atom stereocenters. The van der Waals surface area contributed by atoms with Crippen LogP contribution < -0.4 is 9.47 Å². The number of benzene rings is 2. The van der Waals surface area contributed by atoms with Gasteiger partial charge in [0.1, 0.15) is 19.0 Å². The van der Waals surface area contributed by atoms with Gasteiger partial charge in [-0.3, -0.25) is 9.59 Å². The molecule has 2 aromatic carbocycles. The smallest absolute Gasteiger partial charge is 0.295 e. The molecule has 1 amide bonds. The van der Waals surface area contributed by atoms with E-state index in [-0.39, 0.29) is 11.3 Å². The highest BCUT2D eigenvalue weighted by molar-refractivity contribution is 9.10. The molecule has 2 heterocycles. The van der Waals surface area contributed by atoms with E-state index in [9.17, 15) is 14.7 Å². The van der Waals surface area contributed by atoms with Crippen LogP contribution in [0.2, 0.25) is 0 Å². The zero-order valence-corrected chi connectivity index (χ0v) is 21.0. The van der Waals surface area contributed by atoms with E-state index in [2.05, 4.69) is 34.7 Å². The molecule has 8 heteroatoms. The van der Waals surface area contributed by atoms with E-state index < -0.39 is 17.7 Å². The Bertz CT molecular complexity index is 1090. The van der Waals surface area contributed by atoms with E-state index in [1.165, 1.54) is 0 Å². The van der Waals surface area contributed by atoms with E-state index in [4.69, 9.17) is 9.47 Å². The Kier molecular flexibility index (Phi) is 7.58. The maximum Gasteiger partial charge on any atom is 0.295 e. The second-order valence-corrected chi connectivity index (χ2v) is 9.20. The number of aliphatic hydroxyl groups is 1. The number of halogens is 1. The highest BCUT2D eigenvalue weighted by Crippen LogP contribution is 2.41. The van der Waals surface area contributed by atoms with Crippen LogP contribution in [0.1, 0.15) is 37.4 Å². The summed E-state index contributed by atoms with van der Waals surface area (Å²) in [6, 6.07) is 11.8. The lowest BCUT2D eigenvalue weighted by Crippen LogP contribution is -2.33. The molecule has 0 bridgehead atoms. The van der Waals surface area contributed by atoms with Crippen molar-refractivity contribution in [2.75, 3.05) is 39.4 Å². The zero-order valence-electron chi connectivity index (χ0n) is 19.4. The van der Waals surface area contributed by atoms with Crippen LogP contribution in [-0.4, -0.2) is 66.0 Å². The third-order valence-corrected chi connectivity index (χ3v) is 6.84. The molecule has 7 nitrogen and oxygen atoms in total. The molecule has 1 N–H and O–H groups in total. The summed E-state index contributed by atoms with van der Waals surface area (Å²) in [5.74, 6) is -0.391. The Morgan fingerprint density at radius 3 is 2.41 bits per heavy atom. The summed E-state index contributed by atoms with van der Waals surface area (Å²) >= 11 is 3.44. The molecule has 0 saturated carbocycles. The maximum atomic E-state index is 13.2. The van der Waals surface area contributed by atoms with Gasteiger partial charge in [0.25, 0.3) is 11.7 Å². The van der Waals surface area contributed by atoms with E-state index in [0.717, 1.165) is 36.1 Å². The maximum absolute atomic E-state index is 13.2. The van der Waals surface area contributed by atoms with Crippen LogP contribution in [0.25, 0.3) is 5.76 Å². The summed E-state index contributed by atoms with van der Waals surface area (Å²) < 4.78 is 12.1. The average molecular weight is 529 g/mol. The van der Waals surface area contributed by atoms with Crippen molar-refractivity contribution in [2.24, 2.45) is 0 Å². The second kappa shape index (κ2) is 10.6. The number of amides is 1. The Morgan fingerprint density at radius 1 is 1.06 bits per heavy atom. The number of hydrogen-bond donors (Lipinski definition) is 1. The van der Waals surface area contributed by atoms with Crippen molar-refractivity contribution in [2.45, 2.75) is 26.3 Å². The summed E-state index contributed by atoms with van der Waals surface area (Å²) in [5, 5.41) is 11.3. The van der Waals surface area contributed by atoms with Crippen molar-refractivity contribution in [3.8, 4) is 11.5 Å². The van der Waals surface area contributed by atoms with Gasteiger partial charge >= 0.3 is 0 Å². The van der Waals surface area contributed by atoms with Crippen molar-refractivity contribution in [1.82, 2.24) is 9.80 Å². The molecule has 2 aromatic rings. The van der Waals surface area contributed by atoms with Gasteiger partial charge in [-0.15, -0.1) is 0 Å². The quantitative estimate of drug-likeness (QED) is 0.311. The molecule has 1 fully saturated rings. The number of ketones is 1. The van der Waals surface area contributed by atoms with Gasteiger partial charge in [0.05, 0.1) is 11.6 Å². The van der Waals surface area contributed by atoms with Gasteiger partial charge in [-0.2, -0.15) is 0 Å². The number of rotatable bonds is 8. The predicted octanol–water partition coefficient (Wildman–Crippen LogP) is 4.37. The zero-order chi connectivity index (χ0) is 24.2. The van der Waals surface area contributed by atoms with Crippen LogP contribution in [0.4, 0.5) is 0 Å². The number of carbonyl (C=O) groups is 2. The van der Waals surface area contributed by atoms with Crippen LogP contribution in [0.5, 0.6) is 11.5 Å². The lowest BCUT2D eigenvalue weighted by Gasteiger charge is -2.27. The van der Waals surface area contributed by atoms with Crippen LogP contribution >= 0.6 is 15.9 Å². The average Bonchev–Trinajstić information content (AvgIpc) is 3.11. The fraction of sp³-hybridized carbons (Fsp3) is 0.385. The molecule has 1 saturated heterocycles. The molecule has 0 radical (unpaired) electrons. The normalized spacial score (nSPS) is 19.2.